The van der Waals surface area contributed by atoms with E-state index in [2.05, 4.69) is 35.0 Å². The number of urea groups is 1. The van der Waals surface area contributed by atoms with Crippen LogP contribution in [0.1, 0.15) is 25.8 Å². The number of rotatable bonds is 7. The van der Waals surface area contributed by atoms with E-state index < -0.39 is 6.03 Å². The van der Waals surface area contributed by atoms with Gasteiger partial charge < -0.3 is 10.6 Å². The van der Waals surface area contributed by atoms with Crippen LogP contribution in [0.5, 0.6) is 0 Å². The molecule has 1 unspecified atom stereocenters. The molecule has 116 valence electrons. The maximum atomic E-state index is 11.8. The Morgan fingerprint density at radius 1 is 1.33 bits per heavy atom. The van der Waals surface area contributed by atoms with Crippen molar-refractivity contribution in [1.29, 1.82) is 0 Å². The van der Waals surface area contributed by atoms with Gasteiger partial charge in [-0.25, -0.2) is 4.79 Å². The molecule has 0 bridgehead atoms. The molecule has 0 aliphatic carbocycles. The van der Waals surface area contributed by atoms with Gasteiger partial charge in [0.2, 0.25) is 5.91 Å². The van der Waals surface area contributed by atoms with Gasteiger partial charge in [-0.2, -0.15) is 0 Å². The molecular formula is C15H23N3O2S. The fraction of sp³-hybridized carbons (Fsp3) is 0.467. The highest BCUT2D eigenvalue weighted by Crippen LogP contribution is 2.24. The van der Waals surface area contributed by atoms with E-state index in [4.69, 9.17) is 0 Å². The van der Waals surface area contributed by atoms with E-state index >= 15 is 0 Å². The standard InChI is InChI=1S/C15H23N3O2S/c1-4-8-17-10-12-6-5-7-13(9-12)21-11(2)14(19)18-15(20)16-3/h5-7,9,11,17H,4,8,10H2,1-3H3,(H2,16,18,19,20). The predicted molar refractivity (Wildman–Crippen MR) is 86.4 cm³/mol. The van der Waals surface area contributed by atoms with Crippen LogP contribution in [0.2, 0.25) is 0 Å². The Bertz CT molecular complexity index is 480. The molecule has 0 saturated heterocycles. The Morgan fingerprint density at radius 2 is 2.10 bits per heavy atom. The molecule has 3 amide bonds. The number of hydrogen-bond donors (Lipinski definition) is 3. The van der Waals surface area contributed by atoms with Crippen molar-refractivity contribution >= 4 is 23.7 Å². The molecule has 0 aliphatic heterocycles. The van der Waals surface area contributed by atoms with E-state index in [1.54, 1.807) is 6.92 Å². The van der Waals surface area contributed by atoms with Gasteiger partial charge in [-0.05, 0) is 37.6 Å². The molecular weight excluding hydrogens is 286 g/mol. The molecule has 0 aromatic heterocycles. The zero-order chi connectivity index (χ0) is 15.7. The summed E-state index contributed by atoms with van der Waals surface area (Å²) in [7, 11) is 1.48. The molecule has 0 saturated carbocycles. The largest absolute Gasteiger partial charge is 0.341 e. The quantitative estimate of drug-likeness (QED) is 0.533. The van der Waals surface area contributed by atoms with Gasteiger partial charge in [0.1, 0.15) is 0 Å². The van der Waals surface area contributed by atoms with Crippen LogP contribution in [0.25, 0.3) is 0 Å². The van der Waals surface area contributed by atoms with Gasteiger partial charge in [-0.3, -0.25) is 10.1 Å². The Labute approximate surface area is 130 Å². The van der Waals surface area contributed by atoms with Crippen LogP contribution in [0, 0.1) is 0 Å². The third-order valence-electron chi connectivity index (χ3n) is 2.80. The average Bonchev–Trinajstić information content (AvgIpc) is 2.47. The lowest BCUT2D eigenvalue weighted by atomic mass is 10.2. The average molecular weight is 309 g/mol. The number of carbonyl (C=O) groups is 2. The van der Waals surface area contributed by atoms with Crippen molar-refractivity contribution < 1.29 is 9.59 Å². The lowest BCUT2D eigenvalue weighted by Crippen LogP contribution is -2.41. The SMILES string of the molecule is CCCNCc1cccc(SC(C)C(=O)NC(=O)NC)c1. The Morgan fingerprint density at radius 3 is 2.76 bits per heavy atom. The summed E-state index contributed by atoms with van der Waals surface area (Å²) in [5, 5.41) is 7.66. The number of imide groups is 1. The minimum absolute atomic E-state index is 0.297. The summed E-state index contributed by atoms with van der Waals surface area (Å²) in [4.78, 5) is 23.9. The van der Waals surface area contributed by atoms with Gasteiger partial charge in [-0.1, -0.05) is 19.1 Å². The first-order valence-electron chi connectivity index (χ1n) is 7.05. The fourth-order valence-electron chi connectivity index (χ4n) is 1.67. The third kappa shape index (κ3) is 6.64. The number of amides is 3. The Kier molecular flexibility index (Phi) is 7.85. The van der Waals surface area contributed by atoms with Crippen molar-refractivity contribution in [3.8, 4) is 0 Å². The summed E-state index contributed by atoms with van der Waals surface area (Å²) in [5.41, 5.74) is 1.19. The van der Waals surface area contributed by atoms with E-state index in [1.165, 1.54) is 24.4 Å². The highest BCUT2D eigenvalue weighted by Gasteiger charge is 2.16. The van der Waals surface area contributed by atoms with Crippen LogP contribution in [-0.4, -0.2) is 30.8 Å². The lowest BCUT2D eigenvalue weighted by Gasteiger charge is -2.12. The molecule has 0 radical (unpaired) electrons. The first-order valence-corrected chi connectivity index (χ1v) is 7.93. The topological polar surface area (TPSA) is 70.2 Å². The molecule has 0 aliphatic rings. The maximum Gasteiger partial charge on any atom is 0.321 e. The Balaban J connectivity index is 2.55. The van der Waals surface area contributed by atoms with Crippen molar-refractivity contribution in [3.05, 3.63) is 29.8 Å². The second kappa shape index (κ2) is 9.41. The second-order valence-electron chi connectivity index (χ2n) is 4.65. The molecule has 0 heterocycles. The minimum Gasteiger partial charge on any atom is -0.341 e. The van der Waals surface area contributed by atoms with E-state index in [-0.39, 0.29) is 11.2 Å². The smallest absolute Gasteiger partial charge is 0.321 e. The number of nitrogens with one attached hydrogen (secondary N) is 3. The molecule has 1 aromatic rings. The summed E-state index contributed by atoms with van der Waals surface area (Å²) in [6.07, 6.45) is 1.10. The predicted octanol–water partition coefficient (Wildman–Crippen LogP) is 2.12. The van der Waals surface area contributed by atoms with Crippen LogP contribution in [0.4, 0.5) is 4.79 Å². The van der Waals surface area contributed by atoms with Crippen LogP contribution in [0.3, 0.4) is 0 Å². The van der Waals surface area contributed by atoms with Gasteiger partial charge in [-0.15, -0.1) is 11.8 Å². The zero-order valence-electron chi connectivity index (χ0n) is 12.7. The normalized spacial score (nSPS) is 11.8. The van der Waals surface area contributed by atoms with Crippen LogP contribution in [0.15, 0.2) is 29.2 Å². The van der Waals surface area contributed by atoms with Crippen molar-refractivity contribution in [2.45, 2.75) is 37.0 Å². The third-order valence-corrected chi connectivity index (χ3v) is 3.89. The highest BCUT2D eigenvalue weighted by atomic mass is 32.2. The summed E-state index contributed by atoms with van der Waals surface area (Å²) in [6.45, 7) is 5.72. The van der Waals surface area contributed by atoms with Gasteiger partial charge in [0.05, 0.1) is 5.25 Å². The van der Waals surface area contributed by atoms with Crippen LogP contribution >= 0.6 is 11.8 Å². The van der Waals surface area contributed by atoms with Crippen molar-refractivity contribution in [3.63, 3.8) is 0 Å². The van der Waals surface area contributed by atoms with E-state index in [9.17, 15) is 9.59 Å². The van der Waals surface area contributed by atoms with Crippen molar-refractivity contribution in [2.75, 3.05) is 13.6 Å². The monoisotopic (exact) mass is 309 g/mol. The second-order valence-corrected chi connectivity index (χ2v) is 6.07. The first kappa shape index (κ1) is 17.5. The molecule has 1 rings (SSSR count). The van der Waals surface area contributed by atoms with E-state index in [0.29, 0.717) is 0 Å². The van der Waals surface area contributed by atoms with E-state index in [0.717, 1.165) is 24.4 Å². The summed E-state index contributed by atoms with van der Waals surface area (Å²) >= 11 is 1.44. The molecule has 0 spiro atoms. The van der Waals surface area contributed by atoms with Crippen LogP contribution < -0.4 is 16.0 Å². The van der Waals surface area contributed by atoms with Gasteiger partial charge in [0.15, 0.2) is 0 Å². The van der Waals surface area contributed by atoms with Crippen LogP contribution in [-0.2, 0) is 11.3 Å². The first-order chi connectivity index (χ1) is 10.1. The maximum absolute atomic E-state index is 11.8. The number of thioether (sulfide) groups is 1. The minimum atomic E-state index is -0.482. The van der Waals surface area contributed by atoms with Crippen molar-refractivity contribution in [1.82, 2.24) is 16.0 Å². The number of benzene rings is 1. The molecule has 0 fully saturated rings. The fourth-order valence-corrected chi connectivity index (χ4v) is 2.62. The molecule has 21 heavy (non-hydrogen) atoms. The summed E-state index contributed by atoms with van der Waals surface area (Å²) in [5.74, 6) is -0.297. The molecule has 6 heteroatoms. The lowest BCUT2D eigenvalue weighted by molar-refractivity contribution is -0.119. The molecule has 1 atom stereocenters. The van der Waals surface area contributed by atoms with E-state index in [1.807, 2.05) is 12.1 Å². The molecule has 3 N–H and O–H groups in total. The molecule has 5 nitrogen and oxygen atoms in total. The molecule has 1 aromatic carbocycles. The summed E-state index contributed by atoms with van der Waals surface area (Å²) < 4.78 is 0. The van der Waals surface area contributed by atoms with Gasteiger partial charge in [0, 0.05) is 18.5 Å². The zero-order valence-corrected chi connectivity index (χ0v) is 13.5. The highest BCUT2D eigenvalue weighted by molar-refractivity contribution is 8.00. The summed E-state index contributed by atoms with van der Waals surface area (Å²) in [6, 6.07) is 7.59. The number of hydrogen-bond acceptors (Lipinski definition) is 4. The van der Waals surface area contributed by atoms with Crippen molar-refractivity contribution in [2.24, 2.45) is 0 Å². The van der Waals surface area contributed by atoms with Gasteiger partial charge >= 0.3 is 6.03 Å². The number of carbonyl (C=O) groups excluding carboxylic acids is 2. The van der Waals surface area contributed by atoms with Gasteiger partial charge in [0.25, 0.3) is 0 Å². The Hall–Kier alpha value is -1.53.